The molecule has 0 bridgehead atoms. The third kappa shape index (κ3) is 34.5. The van der Waals surface area contributed by atoms with E-state index in [2.05, 4.69) is 25.7 Å². The fraction of sp³-hybridized carbons (Fsp3) is 0.951. The van der Waals surface area contributed by atoms with Crippen molar-refractivity contribution < 1.29 is 19.1 Å². The molecule has 0 spiro atoms. The molecule has 0 saturated carbocycles. The maximum atomic E-state index is 12.2. The number of hydrogen-bond donors (Lipinski definition) is 1. The van der Waals surface area contributed by atoms with Gasteiger partial charge in [0.05, 0.1) is 13.2 Å². The lowest BCUT2D eigenvalue weighted by atomic mass is 9.91. The molecule has 0 atom stereocenters. The minimum absolute atomic E-state index is 0.0142. The first-order valence-electron chi connectivity index (χ1n) is 20.8. The van der Waals surface area contributed by atoms with Gasteiger partial charge in [0, 0.05) is 25.9 Å². The highest BCUT2D eigenvalue weighted by atomic mass is 16.5. The molecule has 0 aromatic carbocycles. The van der Waals surface area contributed by atoms with E-state index >= 15 is 0 Å². The van der Waals surface area contributed by atoms with Crippen LogP contribution in [0.1, 0.15) is 207 Å². The first-order valence-corrected chi connectivity index (χ1v) is 20.8. The zero-order chi connectivity index (χ0) is 34.5. The fourth-order valence-corrected chi connectivity index (χ4v) is 6.53. The third-order valence-electron chi connectivity index (χ3n) is 9.62. The Labute approximate surface area is 293 Å². The highest BCUT2D eigenvalue weighted by Gasteiger charge is 2.10. The number of esters is 2. The minimum Gasteiger partial charge on any atom is -0.466 e. The molecule has 0 aliphatic carbocycles. The summed E-state index contributed by atoms with van der Waals surface area (Å²) in [5.74, 6) is 0.762. The third-order valence-corrected chi connectivity index (χ3v) is 9.62. The Balaban J connectivity index is 3.73. The number of nitrogens with two attached hydrogens (primary N) is 1. The minimum atomic E-state index is -0.0314. The molecular weight excluding hydrogens is 584 g/mol. The molecule has 6 heteroatoms. The van der Waals surface area contributed by atoms with Crippen molar-refractivity contribution in [2.24, 2.45) is 11.7 Å². The van der Waals surface area contributed by atoms with Gasteiger partial charge in [0.25, 0.3) is 0 Å². The molecule has 0 aliphatic rings. The van der Waals surface area contributed by atoms with Crippen molar-refractivity contribution in [1.82, 2.24) is 4.90 Å². The van der Waals surface area contributed by atoms with Crippen LogP contribution in [0.2, 0.25) is 0 Å². The molecule has 0 fully saturated rings. The first-order chi connectivity index (χ1) is 23.1. The van der Waals surface area contributed by atoms with E-state index in [4.69, 9.17) is 15.2 Å². The molecule has 0 aromatic heterocycles. The van der Waals surface area contributed by atoms with Gasteiger partial charge in [-0.05, 0) is 64.0 Å². The van der Waals surface area contributed by atoms with Gasteiger partial charge in [0.15, 0.2) is 0 Å². The second kappa shape index (κ2) is 37.7. The van der Waals surface area contributed by atoms with Crippen LogP contribution in [-0.2, 0) is 19.1 Å². The van der Waals surface area contributed by atoms with E-state index in [9.17, 15) is 9.59 Å². The normalized spacial score (nSPS) is 11.5. The second-order valence-electron chi connectivity index (χ2n) is 14.2. The molecule has 0 radical (unpaired) electrons. The monoisotopic (exact) mass is 667 g/mol. The summed E-state index contributed by atoms with van der Waals surface area (Å²) in [6, 6.07) is 0. The van der Waals surface area contributed by atoms with Gasteiger partial charge in [-0.2, -0.15) is 0 Å². The number of nitrogens with zero attached hydrogens (tertiary/aromatic N) is 1. The molecule has 6 nitrogen and oxygen atoms in total. The molecule has 47 heavy (non-hydrogen) atoms. The lowest BCUT2D eigenvalue weighted by Crippen LogP contribution is -2.31. The van der Waals surface area contributed by atoms with Gasteiger partial charge in [-0.15, -0.1) is 0 Å². The van der Waals surface area contributed by atoms with Crippen LogP contribution in [0, 0.1) is 5.92 Å². The summed E-state index contributed by atoms with van der Waals surface area (Å²) in [6.45, 7) is 11.7. The SMILES string of the molecule is CCCCCCCCCCCOC(=O)CCCCCN(CCN)CCCCCCCC(=O)OCCCC(CCCCC)CCCCC. The van der Waals surface area contributed by atoms with E-state index in [-0.39, 0.29) is 11.9 Å². The van der Waals surface area contributed by atoms with Crippen LogP contribution in [0.25, 0.3) is 0 Å². The molecule has 0 unspecified atom stereocenters. The van der Waals surface area contributed by atoms with Crippen molar-refractivity contribution in [1.29, 1.82) is 0 Å². The summed E-state index contributed by atoms with van der Waals surface area (Å²) in [7, 11) is 0. The van der Waals surface area contributed by atoms with Crippen LogP contribution in [-0.4, -0.2) is 56.2 Å². The zero-order valence-electron chi connectivity index (χ0n) is 32.0. The number of unbranched alkanes of at least 4 members (excludes halogenated alkanes) is 18. The van der Waals surface area contributed by atoms with Crippen LogP contribution >= 0.6 is 0 Å². The van der Waals surface area contributed by atoms with Gasteiger partial charge in [0.1, 0.15) is 0 Å². The summed E-state index contributed by atoms with van der Waals surface area (Å²) >= 11 is 0. The standard InChI is InChI=1S/C41H82N2O4/c1-4-7-10-11-12-13-14-18-26-37-46-40(44)32-23-19-25-35-43(36-33-42)34-24-17-15-16-22-31-41(45)47-38-27-30-39(28-20-8-5-2)29-21-9-6-3/h39H,4-38,42H2,1-3H3. The smallest absolute Gasteiger partial charge is 0.305 e. The molecule has 2 N–H and O–H groups in total. The van der Waals surface area contributed by atoms with Crippen molar-refractivity contribution >= 4 is 11.9 Å². The Morgan fingerprint density at radius 3 is 1.36 bits per heavy atom. The van der Waals surface area contributed by atoms with Crippen LogP contribution in [0.15, 0.2) is 0 Å². The first kappa shape index (κ1) is 45.9. The van der Waals surface area contributed by atoms with Crippen molar-refractivity contribution in [3.05, 3.63) is 0 Å². The zero-order valence-corrected chi connectivity index (χ0v) is 32.0. The number of rotatable bonds is 38. The molecule has 280 valence electrons. The lowest BCUT2D eigenvalue weighted by Gasteiger charge is -2.21. The second-order valence-corrected chi connectivity index (χ2v) is 14.2. The average Bonchev–Trinajstić information content (AvgIpc) is 3.06. The molecule has 0 saturated heterocycles. The highest BCUT2D eigenvalue weighted by Crippen LogP contribution is 2.22. The van der Waals surface area contributed by atoms with Crippen molar-refractivity contribution in [3.8, 4) is 0 Å². The maximum Gasteiger partial charge on any atom is 0.305 e. The quantitative estimate of drug-likeness (QED) is 0.0521. The Bertz CT molecular complexity index is 649. The van der Waals surface area contributed by atoms with Gasteiger partial charge < -0.3 is 20.1 Å². The van der Waals surface area contributed by atoms with E-state index in [0.717, 1.165) is 70.5 Å². The van der Waals surface area contributed by atoms with E-state index in [1.807, 2.05) is 0 Å². The summed E-state index contributed by atoms with van der Waals surface area (Å²) in [5.41, 5.74) is 5.87. The number of carbonyl (C=O) groups excluding carboxylic acids is 2. The van der Waals surface area contributed by atoms with Crippen LogP contribution in [0.5, 0.6) is 0 Å². The molecule has 0 heterocycles. The molecule has 0 amide bonds. The number of carbonyl (C=O) groups is 2. The predicted octanol–water partition coefficient (Wildman–Crippen LogP) is 11.3. The van der Waals surface area contributed by atoms with Crippen LogP contribution in [0.3, 0.4) is 0 Å². The largest absolute Gasteiger partial charge is 0.466 e. The van der Waals surface area contributed by atoms with E-state index in [1.165, 1.54) is 128 Å². The van der Waals surface area contributed by atoms with Gasteiger partial charge in [-0.1, -0.05) is 149 Å². The predicted molar refractivity (Wildman–Crippen MR) is 202 cm³/mol. The number of hydrogen-bond acceptors (Lipinski definition) is 6. The fourth-order valence-electron chi connectivity index (χ4n) is 6.53. The molecule has 0 aliphatic heterocycles. The Kier molecular flexibility index (Phi) is 36.8. The van der Waals surface area contributed by atoms with E-state index in [0.29, 0.717) is 32.6 Å². The molecule has 0 rings (SSSR count). The molecular formula is C41H82N2O4. The van der Waals surface area contributed by atoms with Crippen molar-refractivity contribution in [3.63, 3.8) is 0 Å². The maximum absolute atomic E-state index is 12.2. The summed E-state index contributed by atoms with van der Waals surface area (Å²) < 4.78 is 11.0. The lowest BCUT2D eigenvalue weighted by molar-refractivity contribution is -0.144. The van der Waals surface area contributed by atoms with Gasteiger partial charge in [-0.3, -0.25) is 9.59 Å². The summed E-state index contributed by atoms with van der Waals surface area (Å²) in [6.07, 6.45) is 34.1. The van der Waals surface area contributed by atoms with Crippen molar-refractivity contribution in [2.75, 3.05) is 39.4 Å². The van der Waals surface area contributed by atoms with E-state index < -0.39 is 0 Å². The number of ether oxygens (including phenoxy) is 2. The summed E-state index contributed by atoms with van der Waals surface area (Å²) in [5, 5.41) is 0. The van der Waals surface area contributed by atoms with Crippen LogP contribution < -0.4 is 5.73 Å². The van der Waals surface area contributed by atoms with Crippen LogP contribution in [0.4, 0.5) is 0 Å². The van der Waals surface area contributed by atoms with Gasteiger partial charge >= 0.3 is 11.9 Å². The average molecular weight is 667 g/mol. The Hall–Kier alpha value is -1.14. The topological polar surface area (TPSA) is 81.9 Å². The summed E-state index contributed by atoms with van der Waals surface area (Å²) in [4.78, 5) is 26.7. The Morgan fingerprint density at radius 2 is 0.851 bits per heavy atom. The highest BCUT2D eigenvalue weighted by molar-refractivity contribution is 5.69. The Morgan fingerprint density at radius 1 is 0.468 bits per heavy atom. The van der Waals surface area contributed by atoms with Crippen molar-refractivity contribution in [2.45, 2.75) is 207 Å². The van der Waals surface area contributed by atoms with Gasteiger partial charge in [0.2, 0.25) is 0 Å². The van der Waals surface area contributed by atoms with Gasteiger partial charge in [-0.25, -0.2) is 0 Å². The van der Waals surface area contributed by atoms with E-state index in [1.54, 1.807) is 0 Å². The molecule has 0 aromatic rings.